The maximum atomic E-state index is 14.2. The zero-order valence-corrected chi connectivity index (χ0v) is 55.4. The van der Waals surface area contributed by atoms with Crippen molar-refractivity contribution in [3.05, 3.63) is 0 Å². The number of carbonyl (C=O) groups is 14. The largest absolute Gasteiger partial charge is 0.481 e. The molecule has 0 aromatic rings. The number of nitrogens with one attached hydrogen (secondary N) is 12. The van der Waals surface area contributed by atoms with Crippen LogP contribution in [0, 0.1) is 11.8 Å². The summed E-state index contributed by atoms with van der Waals surface area (Å²) in [5.41, 5.74) is 43.9. The van der Waals surface area contributed by atoms with E-state index in [1.54, 1.807) is 27.7 Å². The molecule has 1 aliphatic rings. The van der Waals surface area contributed by atoms with Gasteiger partial charge in [0.25, 0.3) is 0 Å². The molecule has 42 nitrogen and oxygen atoms in total. The van der Waals surface area contributed by atoms with Crippen LogP contribution in [0.1, 0.15) is 118 Å². The highest BCUT2D eigenvalue weighted by Gasteiger charge is 2.36. The standard InChI is InChI=1S/C56H100N24O18/c1-27(2)21-35-49(95)75-33(13-15-41(85)86)43(89)69-23-39(83)71-30(10-6-18-66-54(59)60)46(92)74-32(12-8-20-68-56(63)64)48(94)80-38(26-82)52(98)78-36(22-28(3)4)50(96)76-34(14-16-42(87)88)44(90)70-24-40(84)72-29(9-5-17-65-53(57)58)45(91)73-31(11-7-19-67-55(61)62)47(93)79-37(25-81)51(97)77-35/h27-38,81-82H,5-26H2,1-4H3,(H,69,89)(H,70,90)(H,71,83)(H,72,84)(H,73,91)(H,74,92)(H,75,95)(H,76,96)(H,77,97)(H,78,98)(H,79,93)(H,80,94)(H,85,86)(H,87,88)(H4,57,58,65)(H4,59,60,66)(H4,61,62,67)(H4,63,64,68)/t29-,30-,31-,32-,33-,34-,35-,36-,37-,38-/m1/s1. The van der Waals surface area contributed by atoms with E-state index in [-0.39, 0.29) is 114 Å². The number of aliphatic carboxylic acids is 2. The lowest BCUT2D eigenvalue weighted by Gasteiger charge is -2.27. The third kappa shape index (κ3) is 36.5. The zero-order chi connectivity index (χ0) is 74.2. The molecule has 1 rings (SSSR count). The van der Waals surface area contributed by atoms with Crippen LogP contribution in [-0.2, 0) is 67.1 Å². The summed E-state index contributed by atoms with van der Waals surface area (Å²) in [6.45, 7) is 2.05. The first-order valence-corrected chi connectivity index (χ1v) is 31.5. The van der Waals surface area contributed by atoms with Gasteiger partial charge in [-0.05, 0) is 88.9 Å². The average molecular weight is 1400 g/mol. The van der Waals surface area contributed by atoms with Crippen molar-refractivity contribution < 1.29 is 87.5 Å². The first kappa shape index (κ1) is 85.6. The molecule has 10 atom stereocenters. The van der Waals surface area contributed by atoms with Gasteiger partial charge >= 0.3 is 11.9 Å². The molecular formula is C56H100N24O18. The van der Waals surface area contributed by atoms with Crippen LogP contribution in [0.5, 0.6) is 0 Å². The number of carboxylic acid groups (broad SMARTS) is 2. The van der Waals surface area contributed by atoms with Gasteiger partial charge in [0.05, 0.1) is 26.3 Å². The normalized spacial score (nSPS) is 23.0. The average Bonchev–Trinajstić information content (AvgIpc) is 0.961. The number of carboxylic acids is 2. The van der Waals surface area contributed by atoms with Gasteiger partial charge in [0.15, 0.2) is 23.8 Å². The van der Waals surface area contributed by atoms with E-state index in [9.17, 15) is 87.5 Å². The Morgan fingerprint density at radius 3 is 0.796 bits per heavy atom. The van der Waals surface area contributed by atoms with Crippen LogP contribution >= 0.6 is 0 Å². The Labute approximate surface area is 564 Å². The smallest absolute Gasteiger partial charge is 0.303 e. The molecule has 0 aromatic carbocycles. The number of aliphatic hydroxyl groups is 2. The molecule has 0 aliphatic carbocycles. The zero-order valence-electron chi connectivity index (χ0n) is 55.4. The van der Waals surface area contributed by atoms with Gasteiger partial charge in [-0.3, -0.25) is 87.1 Å². The molecule has 0 spiro atoms. The third-order valence-corrected chi connectivity index (χ3v) is 14.1. The summed E-state index contributed by atoms with van der Waals surface area (Å²) in [5.74, 6) is -18.2. The minimum Gasteiger partial charge on any atom is -0.481 e. The molecule has 1 saturated heterocycles. The van der Waals surface area contributed by atoms with E-state index in [0.717, 1.165) is 0 Å². The van der Waals surface area contributed by atoms with Crippen molar-refractivity contribution in [2.75, 3.05) is 52.5 Å². The van der Waals surface area contributed by atoms with Gasteiger partial charge in [-0.15, -0.1) is 0 Å². The van der Waals surface area contributed by atoms with Gasteiger partial charge in [0.1, 0.15) is 60.4 Å². The summed E-state index contributed by atoms with van der Waals surface area (Å²) in [4.78, 5) is 207. The molecule has 32 N–H and O–H groups in total. The molecule has 1 fully saturated rings. The van der Waals surface area contributed by atoms with Gasteiger partial charge < -0.3 is 130 Å². The first-order chi connectivity index (χ1) is 46.1. The predicted molar refractivity (Wildman–Crippen MR) is 352 cm³/mol. The second-order valence-corrected chi connectivity index (χ2v) is 23.4. The van der Waals surface area contributed by atoms with Crippen LogP contribution in [0.15, 0.2) is 20.0 Å². The number of amides is 12. The van der Waals surface area contributed by atoms with E-state index in [4.69, 9.17) is 45.9 Å². The van der Waals surface area contributed by atoms with Crippen molar-refractivity contribution in [3.63, 3.8) is 0 Å². The molecular weight excluding hydrogens is 1300 g/mol. The lowest BCUT2D eigenvalue weighted by atomic mass is 10.0. The molecule has 1 heterocycles. The Morgan fingerprint density at radius 1 is 0.347 bits per heavy atom. The summed E-state index contributed by atoms with van der Waals surface area (Å²) in [5, 5.41) is 68.8. The molecule has 552 valence electrons. The van der Waals surface area contributed by atoms with Crippen molar-refractivity contribution in [2.45, 2.75) is 178 Å². The SMILES string of the molecule is CC(C)C[C@H]1NC(=O)[C@@H](CO)NC(=O)[C@@H](CCCN=C(N)N)NC(=O)[C@@H](CCCN=C(N)N)NC(=O)CNC(=O)[C@@H](CCC(=O)O)NC(=O)[C@@H](CC(C)C)NC(=O)[C@@H](CO)NC(=O)[C@@H](CCCN=C(N)N)NC(=O)[C@@H](CCCN=C(N)N)NC(=O)CNC(=O)[C@@H](CCC(=O)O)NC1=O. The molecule has 42 heteroatoms. The van der Waals surface area contributed by atoms with Crippen molar-refractivity contribution in [2.24, 2.45) is 77.7 Å². The fraction of sp³-hybridized carbons (Fsp3) is 0.679. The highest BCUT2D eigenvalue weighted by Crippen LogP contribution is 2.12. The lowest BCUT2D eigenvalue weighted by Crippen LogP contribution is -2.61. The van der Waals surface area contributed by atoms with Crippen molar-refractivity contribution >= 4 is 107 Å². The summed E-state index contributed by atoms with van der Waals surface area (Å²) >= 11 is 0. The number of carbonyl (C=O) groups excluding carboxylic acids is 12. The minimum atomic E-state index is -1.87. The number of guanidine groups is 4. The lowest BCUT2D eigenvalue weighted by molar-refractivity contribution is -0.139. The van der Waals surface area contributed by atoms with Gasteiger partial charge in [-0.25, -0.2) is 0 Å². The fourth-order valence-electron chi connectivity index (χ4n) is 9.21. The molecule has 0 unspecified atom stereocenters. The van der Waals surface area contributed by atoms with Gasteiger partial charge in [-0.2, -0.15) is 0 Å². The minimum absolute atomic E-state index is 0.00185. The molecule has 12 amide bonds. The third-order valence-electron chi connectivity index (χ3n) is 14.1. The van der Waals surface area contributed by atoms with Crippen LogP contribution in [0.3, 0.4) is 0 Å². The Bertz CT molecular complexity index is 2660. The summed E-state index contributed by atoms with van der Waals surface area (Å²) in [6, 6.07) is -16.7. The Morgan fingerprint density at radius 2 is 0.561 bits per heavy atom. The highest BCUT2D eigenvalue weighted by molar-refractivity contribution is 6.00. The van der Waals surface area contributed by atoms with Crippen LogP contribution in [-0.4, -0.2) is 240 Å². The summed E-state index contributed by atoms with van der Waals surface area (Å²) in [6.07, 6.45) is -4.08. The van der Waals surface area contributed by atoms with E-state index >= 15 is 0 Å². The van der Waals surface area contributed by atoms with Gasteiger partial charge in [0, 0.05) is 39.0 Å². The number of nitrogens with two attached hydrogens (primary N) is 8. The molecule has 1 aliphatic heterocycles. The fourth-order valence-corrected chi connectivity index (χ4v) is 9.21. The summed E-state index contributed by atoms with van der Waals surface area (Å²) in [7, 11) is 0. The van der Waals surface area contributed by atoms with E-state index in [1.807, 2.05) is 0 Å². The van der Waals surface area contributed by atoms with E-state index in [1.165, 1.54) is 0 Å². The maximum absolute atomic E-state index is 14.2. The first-order valence-electron chi connectivity index (χ1n) is 31.5. The maximum Gasteiger partial charge on any atom is 0.303 e. The van der Waals surface area contributed by atoms with Crippen molar-refractivity contribution in [1.29, 1.82) is 0 Å². The van der Waals surface area contributed by atoms with E-state index in [0.29, 0.717) is 0 Å². The van der Waals surface area contributed by atoms with Crippen molar-refractivity contribution in [1.82, 2.24) is 63.8 Å². The van der Waals surface area contributed by atoms with Gasteiger partial charge in [-0.1, -0.05) is 27.7 Å². The van der Waals surface area contributed by atoms with Crippen LogP contribution in [0.25, 0.3) is 0 Å². The molecule has 0 bridgehead atoms. The Hall–Kier alpha value is -10.4. The quantitative estimate of drug-likeness (QED) is 0.0196. The van der Waals surface area contributed by atoms with Crippen LogP contribution in [0.4, 0.5) is 0 Å². The molecule has 0 aromatic heterocycles. The monoisotopic (exact) mass is 1400 g/mol. The van der Waals surface area contributed by atoms with Crippen molar-refractivity contribution in [3.8, 4) is 0 Å². The number of nitrogens with zero attached hydrogens (tertiary/aromatic N) is 4. The second-order valence-electron chi connectivity index (χ2n) is 23.4. The molecule has 0 saturated carbocycles. The number of rotatable bonds is 28. The number of hydrogen-bond acceptors (Lipinski definition) is 20. The predicted octanol–water partition coefficient (Wildman–Crippen LogP) is -10.9. The van der Waals surface area contributed by atoms with E-state index < -0.39 is 207 Å². The number of hydrogen-bond donors (Lipinski definition) is 24. The number of aliphatic hydroxyl groups excluding tert-OH is 2. The molecule has 98 heavy (non-hydrogen) atoms. The van der Waals surface area contributed by atoms with E-state index in [2.05, 4.69) is 83.8 Å². The van der Waals surface area contributed by atoms with Crippen LogP contribution < -0.4 is 110 Å². The Balaban J connectivity index is 4.20. The Kier molecular flexibility index (Phi) is 40.1. The molecule has 0 radical (unpaired) electrons. The summed E-state index contributed by atoms with van der Waals surface area (Å²) < 4.78 is 0. The number of aliphatic imine (C=N–C) groups is 4. The topological polar surface area (TPSA) is 722 Å². The van der Waals surface area contributed by atoms with Crippen LogP contribution in [0.2, 0.25) is 0 Å². The highest BCUT2D eigenvalue weighted by atomic mass is 16.4. The second kappa shape index (κ2) is 45.9. The van der Waals surface area contributed by atoms with Gasteiger partial charge in [0.2, 0.25) is 70.9 Å².